The van der Waals surface area contributed by atoms with Crippen molar-refractivity contribution < 1.29 is 14.3 Å². The molecule has 4 rings (SSSR count). The van der Waals surface area contributed by atoms with Gasteiger partial charge in [-0.05, 0) is 18.4 Å². The number of amides is 2. The lowest BCUT2D eigenvalue weighted by molar-refractivity contribution is -0.146. The number of methoxy groups -OCH3 is 1. The van der Waals surface area contributed by atoms with Crippen LogP contribution in [0.1, 0.15) is 31.2 Å². The van der Waals surface area contributed by atoms with Gasteiger partial charge in [-0.15, -0.1) is 0 Å². The van der Waals surface area contributed by atoms with Gasteiger partial charge >= 0.3 is 0 Å². The number of carbonyl (C=O) groups is 2. The van der Waals surface area contributed by atoms with Gasteiger partial charge in [0.1, 0.15) is 11.7 Å². The third kappa shape index (κ3) is 4.00. The lowest BCUT2D eigenvalue weighted by Crippen LogP contribution is -2.58. The molecule has 32 heavy (non-hydrogen) atoms. The number of nitrogens with one attached hydrogen (secondary N) is 2. The maximum Gasteiger partial charge on any atom is 0.256 e. The highest BCUT2D eigenvalue weighted by atomic mass is 16.5. The van der Waals surface area contributed by atoms with E-state index in [0.717, 1.165) is 5.56 Å². The number of likely N-dealkylation sites (tertiary alicyclic amines) is 1. The largest absolute Gasteiger partial charge is 0.367 e. The number of carbonyl (C=O) groups excluding carboxylic acids is 2. The fraction of sp³-hybridized carbons (Fsp3) is 0.478. The highest BCUT2D eigenvalue weighted by molar-refractivity contribution is 6.03. The van der Waals surface area contributed by atoms with Crippen LogP contribution in [0.3, 0.4) is 0 Å². The number of benzene rings is 1. The first kappa shape index (κ1) is 22.0. The molecule has 1 fully saturated rings. The number of nitrogens with zero attached hydrogens (tertiary/aromatic N) is 4. The highest BCUT2D eigenvalue weighted by Gasteiger charge is 2.37. The lowest BCUT2D eigenvalue weighted by atomic mass is 9.99. The Balaban J connectivity index is 1.43. The van der Waals surface area contributed by atoms with Crippen LogP contribution < -0.4 is 15.5 Å². The van der Waals surface area contributed by atoms with Crippen molar-refractivity contribution in [3.05, 3.63) is 41.6 Å². The van der Waals surface area contributed by atoms with Crippen molar-refractivity contribution in [1.82, 2.24) is 14.9 Å². The van der Waals surface area contributed by atoms with E-state index in [-0.39, 0.29) is 29.8 Å². The molecule has 170 valence electrons. The molecule has 9 heteroatoms. The molecule has 0 radical (unpaired) electrons. The van der Waals surface area contributed by atoms with Gasteiger partial charge in [0.15, 0.2) is 11.9 Å². The molecule has 0 aliphatic carbocycles. The molecule has 0 saturated carbocycles. The zero-order valence-corrected chi connectivity index (χ0v) is 19.1. The van der Waals surface area contributed by atoms with Gasteiger partial charge in [-0.2, -0.15) is 4.98 Å². The topological polar surface area (TPSA) is 99.7 Å². The van der Waals surface area contributed by atoms with Gasteiger partial charge in [0.05, 0.1) is 11.7 Å². The normalized spacial score (nSPS) is 19.3. The SMILES string of the molecule is COC(C(=O)N1CC(Nc2nc(C)c3c(n2)N(C)[C@@H](C(C)C)C(=O)N3)C1)c1ccccc1. The van der Waals surface area contributed by atoms with Crippen molar-refractivity contribution in [2.75, 3.05) is 42.8 Å². The first-order valence-electron chi connectivity index (χ1n) is 10.9. The van der Waals surface area contributed by atoms with Crippen molar-refractivity contribution in [2.24, 2.45) is 5.92 Å². The minimum Gasteiger partial charge on any atom is -0.367 e. The second-order valence-corrected chi connectivity index (χ2v) is 8.73. The molecule has 3 heterocycles. The summed E-state index contributed by atoms with van der Waals surface area (Å²) >= 11 is 0. The Bertz CT molecular complexity index is 1010. The van der Waals surface area contributed by atoms with E-state index in [1.807, 2.05) is 63.1 Å². The minimum atomic E-state index is -0.607. The average Bonchev–Trinajstić information content (AvgIpc) is 2.72. The second kappa shape index (κ2) is 8.74. The zero-order valence-electron chi connectivity index (χ0n) is 19.1. The third-order valence-corrected chi connectivity index (χ3v) is 6.06. The van der Waals surface area contributed by atoms with Crippen molar-refractivity contribution in [1.29, 1.82) is 0 Å². The zero-order chi connectivity index (χ0) is 23.0. The van der Waals surface area contributed by atoms with E-state index in [9.17, 15) is 9.59 Å². The van der Waals surface area contributed by atoms with E-state index in [0.29, 0.717) is 36.2 Å². The van der Waals surface area contributed by atoms with Crippen LogP contribution in [0.5, 0.6) is 0 Å². The van der Waals surface area contributed by atoms with Crippen molar-refractivity contribution in [3.8, 4) is 0 Å². The van der Waals surface area contributed by atoms with Crippen molar-refractivity contribution in [3.63, 3.8) is 0 Å². The second-order valence-electron chi connectivity index (χ2n) is 8.73. The Morgan fingerprint density at radius 3 is 2.53 bits per heavy atom. The molecule has 2 aliphatic rings. The van der Waals surface area contributed by atoms with Crippen LogP contribution in [0.25, 0.3) is 0 Å². The van der Waals surface area contributed by atoms with Gasteiger partial charge in [0, 0.05) is 27.2 Å². The fourth-order valence-electron chi connectivity index (χ4n) is 4.38. The molecule has 2 aliphatic heterocycles. The van der Waals surface area contributed by atoms with Crippen LogP contribution in [0.4, 0.5) is 17.5 Å². The number of hydrogen-bond acceptors (Lipinski definition) is 7. The number of likely N-dealkylation sites (N-methyl/N-ethyl adjacent to an activating group) is 1. The van der Waals surface area contributed by atoms with Crippen molar-refractivity contribution >= 4 is 29.3 Å². The predicted octanol–water partition coefficient (Wildman–Crippen LogP) is 2.21. The Labute approximate surface area is 188 Å². The Morgan fingerprint density at radius 2 is 1.91 bits per heavy atom. The summed E-state index contributed by atoms with van der Waals surface area (Å²) in [5.74, 6) is 1.25. The molecule has 1 saturated heterocycles. The molecule has 1 aromatic heterocycles. The standard InChI is InChI=1S/C23H30N6O3/c1-13(2)18-21(30)26-17-14(3)24-23(27-20(17)28(18)4)25-16-11-29(12-16)22(31)19(32-5)15-9-7-6-8-10-15/h6-10,13,16,18-19H,11-12H2,1-5H3,(H,26,30)(H,24,25,27)/t18-,19?/m0/s1. The molecule has 9 nitrogen and oxygen atoms in total. The molecule has 2 aromatic rings. The number of anilines is 3. The van der Waals surface area contributed by atoms with E-state index in [1.54, 1.807) is 12.0 Å². The maximum absolute atomic E-state index is 12.9. The maximum atomic E-state index is 12.9. The van der Waals surface area contributed by atoms with Crippen LogP contribution in [0.15, 0.2) is 30.3 Å². The summed E-state index contributed by atoms with van der Waals surface area (Å²) in [6.07, 6.45) is -0.607. The van der Waals surface area contributed by atoms with Gasteiger partial charge < -0.3 is 25.2 Å². The summed E-state index contributed by atoms with van der Waals surface area (Å²) in [7, 11) is 3.44. The minimum absolute atomic E-state index is 0.0401. The molecule has 2 amide bonds. The summed E-state index contributed by atoms with van der Waals surface area (Å²) in [5, 5.41) is 6.29. The molecular formula is C23H30N6O3. The summed E-state index contributed by atoms with van der Waals surface area (Å²) in [6, 6.07) is 9.26. The molecule has 0 bridgehead atoms. The van der Waals surface area contributed by atoms with E-state index in [2.05, 4.69) is 20.6 Å². The third-order valence-electron chi connectivity index (χ3n) is 6.06. The van der Waals surface area contributed by atoms with E-state index in [4.69, 9.17) is 4.74 Å². The van der Waals surface area contributed by atoms with Gasteiger partial charge in [-0.1, -0.05) is 44.2 Å². The van der Waals surface area contributed by atoms with Crippen LogP contribution >= 0.6 is 0 Å². The first-order chi connectivity index (χ1) is 15.3. The van der Waals surface area contributed by atoms with Gasteiger partial charge in [-0.3, -0.25) is 9.59 Å². The highest BCUT2D eigenvalue weighted by Crippen LogP contribution is 2.34. The van der Waals surface area contributed by atoms with Crippen LogP contribution in [0, 0.1) is 12.8 Å². The van der Waals surface area contributed by atoms with Crippen LogP contribution in [-0.4, -0.2) is 66.0 Å². The number of hydrogen-bond donors (Lipinski definition) is 2. The van der Waals surface area contributed by atoms with Crippen molar-refractivity contribution in [2.45, 2.75) is 39.0 Å². The van der Waals surface area contributed by atoms with E-state index < -0.39 is 6.10 Å². The summed E-state index contributed by atoms with van der Waals surface area (Å²) in [6.45, 7) is 6.98. The molecule has 2 N–H and O–H groups in total. The quantitative estimate of drug-likeness (QED) is 0.713. The smallest absolute Gasteiger partial charge is 0.256 e. The predicted molar refractivity (Wildman–Crippen MR) is 123 cm³/mol. The van der Waals surface area contributed by atoms with E-state index >= 15 is 0 Å². The molecule has 0 spiro atoms. The molecular weight excluding hydrogens is 408 g/mol. The van der Waals surface area contributed by atoms with Crippen LogP contribution in [0.2, 0.25) is 0 Å². The number of rotatable bonds is 6. The number of aromatic nitrogens is 2. The molecule has 1 aromatic carbocycles. The Morgan fingerprint density at radius 1 is 1.22 bits per heavy atom. The fourth-order valence-corrected chi connectivity index (χ4v) is 4.38. The monoisotopic (exact) mass is 438 g/mol. The number of ether oxygens (including phenoxy) is 1. The Hall–Kier alpha value is -3.20. The molecule has 2 atom stereocenters. The number of fused-ring (bicyclic) bond motifs is 1. The average molecular weight is 439 g/mol. The summed E-state index contributed by atoms with van der Waals surface area (Å²) in [5.41, 5.74) is 2.20. The van der Waals surface area contributed by atoms with Gasteiger partial charge in [0.2, 0.25) is 11.9 Å². The number of aryl methyl sites for hydroxylation is 1. The lowest BCUT2D eigenvalue weighted by Gasteiger charge is -2.41. The first-order valence-corrected chi connectivity index (χ1v) is 10.9. The summed E-state index contributed by atoms with van der Waals surface area (Å²) in [4.78, 5) is 38.2. The van der Waals surface area contributed by atoms with Gasteiger partial charge in [0.25, 0.3) is 5.91 Å². The summed E-state index contributed by atoms with van der Waals surface area (Å²) < 4.78 is 5.46. The molecule has 1 unspecified atom stereocenters. The van der Waals surface area contributed by atoms with Gasteiger partial charge in [-0.25, -0.2) is 4.98 Å². The Kier molecular flexibility index (Phi) is 6.01. The van der Waals surface area contributed by atoms with Crippen LogP contribution in [-0.2, 0) is 14.3 Å². The van der Waals surface area contributed by atoms with E-state index in [1.165, 1.54) is 0 Å².